The minimum Gasteiger partial charge on any atom is -0.392 e. The highest BCUT2D eigenvalue weighted by Gasteiger charge is 2.27. The van der Waals surface area contributed by atoms with E-state index in [-0.39, 0.29) is 11.9 Å². The van der Waals surface area contributed by atoms with Crippen molar-refractivity contribution in [2.45, 2.75) is 32.0 Å². The summed E-state index contributed by atoms with van der Waals surface area (Å²) in [4.78, 5) is 15.9. The van der Waals surface area contributed by atoms with Gasteiger partial charge in [-0.05, 0) is 13.3 Å². The van der Waals surface area contributed by atoms with E-state index in [2.05, 4.69) is 15.6 Å². The Morgan fingerprint density at radius 3 is 3.19 bits per heavy atom. The fourth-order valence-electron chi connectivity index (χ4n) is 1.71. The molecule has 0 aliphatic carbocycles. The molecule has 5 nitrogen and oxygen atoms in total. The highest BCUT2D eigenvalue weighted by Crippen LogP contribution is 2.09. The number of nitrogens with zero attached hydrogens (tertiary/aromatic N) is 1. The van der Waals surface area contributed by atoms with E-state index in [9.17, 15) is 9.90 Å². The Bertz CT molecular complexity index is 380. The molecule has 2 unspecified atom stereocenters. The van der Waals surface area contributed by atoms with Crippen molar-refractivity contribution in [3.63, 3.8) is 0 Å². The molecule has 3 N–H and O–H groups in total. The summed E-state index contributed by atoms with van der Waals surface area (Å²) in [5.41, 5.74) is 0.884. The summed E-state index contributed by atoms with van der Waals surface area (Å²) in [6.45, 7) is 2.89. The molecule has 2 heterocycles. The van der Waals surface area contributed by atoms with Gasteiger partial charge in [-0.1, -0.05) is 0 Å². The van der Waals surface area contributed by atoms with E-state index in [0.717, 1.165) is 10.7 Å². The van der Waals surface area contributed by atoms with Gasteiger partial charge in [-0.3, -0.25) is 4.79 Å². The zero-order valence-corrected chi connectivity index (χ0v) is 9.88. The highest BCUT2D eigenvalue weighted by molar-refractivity contribution is 7.09. The predicted octanol–water partition coefficient (Wildman–Crippen LogP) is -0.209. The van der Waals surface area contributed by atoms with Crippen LogP contribution < -0.4 is 10.6 Å². The summed E-state index contributed by atoms with van der Waals surface area (Å²) in [6, 6.07) is -0.269. The van der Waals surface area contributed by atoms with Gasteiger partial charge in [0.05, 0.1) is 29.4 Å². The van der Waals surface area contributed by atoms with E-state index >= 15 is 0 Å². The number of nitrogens with one attached hydrogen (secondary N) is 2. The summed E-state index contributed by atoms with van der Waals surface area (Å²) >= 11 is 1.57. The Balaban J connectivity index is 1.80. The fraction of sp³-hybridized carbons (Fsp3) is 0.600. The lowest BCUT2D eigenvalue weighted by Gasteiger charge is -2.09. The van der Waals surface area contributed by atoms with Crippen LogP contribution >= 0.6 is 11.3 Å². The standard InChI is InChI=1S/C10H15N3O2S/c1-6-13-7(5-16-6)3-12-10(15)9-2-8(14)4-11-9/h5,8-9,11,14H,2-4H2,1H3,(H,12,15). The molecule has 1 aromatic rings. The number of aliphatic hydroxyl groups is 1. The second-order valence-corrected chi connectivity index (χ2v) is 4.99. The van der Waals surface area contributed by atoms with Crippen LogP contribution in [0.2, 0.25) is 0 Å². The molecule has 0 spiro atoms. The topological polar surface area (TPSA) is 74.2 Å². The highest BCUT2D eigenvalue weighted by atomic mass is 32.1. The van der Waals surface area contributed by atoms with Crippen molar-refractivity contribution in [1.82, 2.24) is 15.6 Å². The molecule has 88 valence electrons. The first-order valence-corrected chi connectivity index (χ1v) is 6.13. The van der Waals surface area contributed by atoms with Crippen LogP contribution in [-0.2, 0) is 11.3 Å². The number of carbonyl (C=O) groups excluding carboxylic acids is 1. The van der Waals surface area contributed by atoms with E-state index in [4.69, 9.17) is 0 Å². The quantitative estimate of drug-likeness (QED) is 0.684. The molecule has 1 saturated heterocycles. The van der Waals surface area contributed by atoms with Crippen molar-refractivity contribution in [3.8, 4) is 0 Å². The van der Waals surface area contributed by atoms with Crippen molar-refractivity contribution in [2.24, 2.45) is 0 Å². The van der Waals surface area contributed by atoms with Crippen LogP contribution in [0.15, 0.2) is 5.38 Å². The number of thiazole rings is 1. The first-order chi connectivity index (χ1) is 7.65. The molecule has 1 amide bonds. The van der Waals surface area contributed by atoms with Gasteiger partial charge in [0.25, 0.3) is 0 Å². The third-order valence-electron chi connectivity index (χ3n) is 2.53. The summed E-state index contributed by atoms with van der Waals surface area (Å²) in [6.07, 6.45) is 0.0827. The molecule has 6 heteroatoms. The molecule has 0 saturated carbocycles. The molecular weight excluding hydrogens is 226 g/mol. The average Bonchev–Trinajstić information content (AvgIpc) is 2.84. The third kappa shape index (κ3) is 2.78. The summed E-state index contributed by atoms with van der Waals surface area (Å²) < 4.78 is 0. The fourth-order valence-corrected chi connectivity index (χ4v) is 2.32. The van der Waals surface area contributed by atoms with Crippen molar-refractivity contribution >= 4 is 17.2 Å². The molecule has 0 radical (unpaired) electrons. The molecule has 16 heavy (non-hydrogen) atoms. The van der Waals surface area contributed by atoms with E-state index in [1.807, 2.05) is 12.3 Å². The third-order valence-corrected chi connectivity index (χ3v) is 3.36. The molecule has 1 fully saturated rings. The predicted molar refractivity (Wildman–Crippen MR) is 61.1 cm³/mol. The Morgan fingerprint density at radius 2 is 2.62 bits per heavy atom. The van der Waals surface area contributed by atoms with Crippen molar-refractivity contribution in [2.75, 3.05) is 6.54 Å². The minimum absolute atomic E-state index is 0.0674. The molecule has 1 aliphatic heterocycles. The zero-order chi connectivity index (χ0) is 11.5. The summed E-state index contributed by atoms with van der Waals surface area (Å²) in [5, 5.41) is 18.0. The molecule has 2 atom stereocenters. The number of aromatic nitrogens is 1. The normalized spacial score (nSPS) is 24.6. The van der Waals surface area contributed by atoms with Gasteiger partial charge in [-0.25, -0.2) is 4.98 Å². The number of amides is 1. The van der Waals surface area contributed by atoms with Gasteiger partial charge in [0.15, 0.2) is 0 Å². The van der Waals surface area contributed by atoms with Crippen LogP contribution in [0.3, 0.4) is 0 Å². The van der Waals surface area contributed by atoms with Crippen LogP contribution in [0.4, 0.5) is 0 Å². The van der Waals surface area contributed by atoms with Crippen LogP contribution in [0.25, 0.3) is 0 Å². The Kier molecular flexibility index (Phi) is 3.52. The molecule has 1 aliphatic rings. The van der Waals surface area contributed by atoms with Crippen molar-refractivity contribution in [1.29, 1.82) is 0 Å². The lowest BCUT2D eigenvalue weighted by atomic mass is 10.2. The maximum Gasteiger partial charge on any atom is 0.237 e. The molecular formula is C10H15N3O2S. The molecule has 0 aromatic carbocycles. The number of rotatable bonds is 3. The monoisotopic (exact) mass is 241 g/mol. The number of aliphatic hydroxyl groups excluding tert-OH is 1. The van der Waals surface area contributed by atoms with E-state index in [1.165, 1.54) is 0 Å². The number of hydrogen-bond donors (Lipinski definition) is 3. The van der Waals surface area contributed by atoms with E-state index in [1.54, 1.807) is 11.3 Å². The van der Waals surface area contributed by atoms with E-state index < -0.39 is 6.10 Å². The maximum absolute atomic E-state index is 11.7. The zero-order valence-electron chi connectivity index (χ0n) is 9.06. The second-order valence-electron chi connectivity index (χ2n) is 3.93. The first kappa shape index (κ1) is 11.5. The lowest BCUT2D eigenvalue weighted by Crippen LogP contribution is -2.40. The van der Waals surface area contributed by atoms with Gasteiger partial charge in [0.1, 0.15) is 0 Å². The largest absolute Gasteiger partial charge is 0.392 e. The smallest absolute Gasteiger partial charge is 0.237 e. The second kappa shape index (κ2) is 4.90. The van der Waals surface area contributed by atoms with Gasteiger partial charge >= 0.3 is 0 Å². The maximum atomic E-state index is 11.7. The van der Waals surface area contributed by atoms with E-state index in [0.29, 0.717) is 19.5 Å². The number of hydrogen-bond acceptors (Lipinski definition) is 5. The van der Waals surface area contributed by atoms with Crippen LogP contribution in [-0.4, -0.2) is 34.7 Å². The average molecular weight is 241 g/mol. The minimum atomic E-state index is -0.405. The molecule has 2 rings (SSSR count). The molecule has 1 aromatic heterocycles. The van der Waals surface area contributed by atoms with Gasteiger partial charge in [0, 0.05) is 11.9 Å². The Morgan fingerprint density at radius 1 is 1.81 bits per heavy atom. The summed E-state index contributed by atoms with van der Waals surface area (Å²) in [7, 11) is 0. The van der Waals surface area contributed by atoms with Crippen LogP contribution in [0, 0.1) is 6.92 Å². The Labute approximate surface area is 97.9 Å². The first-order valence-electron chi connectivity index (χ1n) is 5.25. The number of carbonyl (C=O) groups is 1. The van der Waals surface area contributed by atoms with Crippen LogP contribution in [0.1, 0.15) is 17.1 Å². The summed E-state index contributed by atoms with van der Waals surface area (Å²) in [5.74, 6) is -0.0674. The van der Waals surface area contributed by atoms with Gasteiger partial charge < -0.3 is 15.7 Å². The van der Waals surface area contributed by atoms with Crippen molar-refractivity contribution in [3.05, 3.63) is 16.1 Å². The van der Waals surface area contributed by atoms with Crippen molar-refractivity contribution < 1.29 is 9.90 Å². The van der Waals surface area contributed by atoms with Gasteiger partial charge in [-0.2, -0.15) is 0 Å². The van der Waals surface area contributed by atoms with Gasteiger partial charge in [0.2, 0.25) is 5.91 Å². The van der Waals surface area contributed by atoms with Gasteiger partial charge in [-0.15, -0.1) is 11.3 Å². The molecule has 0 bridgehead atoms. The van der Waals surface area contributed by atoms with Crippen LogP contribution in [0.5, 0.6) is 0 Å². The number of β-amino-alcohol motifs (C(OH)–C–C–N with tert-alkyl or cyclic N) is 1. The lowest BCUT2D eigenvalue weighted by molar-refractivity contribution is -0.123. The number of aryl methyl sites for hydroxylation is 1. The Hall–Kier alpha value is -0.980. The SMILES string of the molecule is Cc1nc(CNC(=O)C2CC(O)CN2)cs1.